The van der Waals surface area contributed by atoms with Crippen molar-refractivity contribution in [3.05, 3.63) is 91.9 Å². The molecule has 1 fully saturated rings. The summed E-state index contributed by atoms with van der Waals surface area (Å²) in [6.07, 6.45) is 2.05. The van der Waals surface area contributed by atoms with E-state index in [-0.39, 0.29) is 5.57 Å². The van der Waals surface area contributed by atoms with E-state index in [0.29, 0.717) is 35.8 Å². The Morgan fingerprint density at radius 2 is 1.72 bits per heavy atom. The number of hydrogen-bond donors (Lipinski definition) is 1. The SMILES string of the molecule is CCc1ccccc1N1C(=O)NC(=O)/C(=C\c2ccc(OCc3ccc(Br)cc3Br)c(OC)c2)C1=O. The van der Waals surface area contributed by atoms with E-state index in [9.17, 15) is 14.4 Å². The van der Waals surface area contributed by atoms with Gasteiger partial charge in [0.25, 0.3) is 11.8 Å². The number of amides is 4. The van der Waals surface area contributed by atoms with E-state index in [1.54, 1.807) is 30.3 Å². The van der Waals surface area contributed by atoms with Crippen molar-refractivity contribution in [3.8, 4) is 11.5 Å². The second kappa shape index (κ2) is 11.1. The van der Waals surface area contributed by atoms with Crippen LogP contribution in [0, 0.1) is 0 Å². The molecule has 0 bridgehead atoms. The number of carbonyl (C=O) groups is 3. The van der Waals surface area contributed by atoms with Crippen molar-refractivity contribution in [2.45, 2.75) is 20.0 Å². The third-order valence-electron chi connectivity index (χ3n) is 5.61. The molecular formula is C27H22Br2N2O5. The van der Waals surface area contributed by atoms with Gasteiger partial charge in [-0.25, -0.2) is 9.69 Å². The first-order valence-electron chi connectivity index (χ1n) is 11.1. The number of hydrogen-bond acceptors (Lipinski definition) is 5. The van der Waals surface area contributed by atoms with Gasteiger partial charge in [0.2, 0.25) is 0 Å². The number of ether oxygens (including phenoxy) is 2. The number of halogens is 2. The highest BCUT2D eigenvalue weighted by molar-refractivity contribution is 9.11. The topological polar surface area (TPSA) is 84.9 Å². The fraction of sp³-hybridized carbons (Fsp3) is 0.148. The van der Waals surface area contributed by atoms with E-state index in [0.717, 1.165) is 25.0 Å². The molecule has 184 valence electrons. The van der Waals surface area contributed by atoms with Gasteiger partial charge in [-0.05, 0) is 54.0 Å². The number of nitrogens with one attached hydrogen (secondary N) is 1. The molecule has 1 aliphatic rings. The zero-order chi connectivity index (χ0) is 25.8. The van der Waals surface area contributed by atoms with E-state index >= 15 is 0 Å². The van der Waals surface area contributed by atoms with Crippen molar-refractivity contribution in [3.63, 3.8) is 0 Å². The summed E-state index contributed by atoms with van der Waals surface area (Å²) in [4.78, 5) is 39.4. The highest BCUT2D eigenvalue weighted by Crippen LogP contribution is 2.32. The molecular weight excluding hydrogens is 592 g/mol. The third kappa shape index (κ3) is 5.37. The van der Waals surface area contributed by atoms with Crippen molar-refractivity contribution in [1.82, 2.24) is 5.32 Å². The first-order chi connectivity index (χ1) is 17.3. The number of carbonyl (C=O) groups excluding carboxylic acids is 3. The smallest absolute Gasteiger partial charge is 0.335 e. The molecule has 4 amide bonds. The first kappa shape index (κ1) is 25.7. The summed E-state index contributed by atoms with van der Waals surface area (Å²) < 4.78 is 13.3. The van der Waals surface area contributed by atoms with Crippen LogP contribution in [0.15, 0.2) is 75.2 Å². The van der Waals surface area contributed by atoms with Crippen molar-refractivity contribution < 1.29 is 23.9 Å². The second-order valence-electron chi connectivity index (χ2n) is 7.87. The van der Waals surface area contributed by atoms with E-state index in [2.05, 4.69) is 37.2 Å². The average Bonchev–Trinajstić information content (AvgIpc) is 2.86. The molecule has 36 heavy (non-hydrogen) atoms. The Kier molecular flexibility index (Phi) is 7.91. The van der Waals surface area contributed by atoms with Crippen LogP contribution >= 0.6 is 31.9 Å². The van der Waals surface area contributed by atoms with Gasteiger partial charge < -0.3 is 9.47 Å². The van der Waals surface area contributed by atoms with Crippen LogP contribution in [0.25, 0.3) is 6.08 Å². The number of urea groups is 1. The number of nitrogens with zero attached hydrogens (tertiary/aromatic N) is 1. The second-order valence-corrected chi connectivity index (χ2v) is 9.64. The number of para-hydroxylation sites is 1. The Labute approximate surface area is 225 Å². The number of aryl methyl sites for hydroxylation is 1. The largest absolute Gasteiger partial charge is 0.493 e. The molecule has 7 nitrogen and oxygen atoms in total. The molecule has 0 spiro atoms. The van der Waals surface area contributed by atoms with Crippen molar-refractivity contribution in [1.29, 1.82) is 0 Å². The molecule has 0 radical (unpaired) electrons. The average molecular weight is 614 g/mol. The van der Waals surface area contributed by atoms with Crippen LogP contribution in [0.5, 0.6) is 11.5 Å². The number of methoxy groups -OCH3 is 1. The van der Waals surface area contributed by atoms with Crippen LogP contribution in [-0.4, -0.2) is 25.0 Å². The van der Waals surface area contributed by atoms with Crippen molar-refractivity contribution in [2.75, 3.05) is 12.0 Å². The lowest BCUT2D eigenvalue weighted by molar-refractivity contribution is -0.122. The van der Waals surface area contributed by atoms with Gasteiger partial charge in [-0.3, -0.25) is 14.9 Å². The lowest BCUT2D eigenvalue weighted by atomic mass is 10.0. The van der Waals surface area contributed by atoms with Gasteiger partial charge in [0.15, 0.2) is 11.5 Å². The van der Waals surface area contributed by atoms with Gasteiger partial charge in [-0.15, -0.1) is 0 Å². The van der Waals surface area contributed by atoms with Crippen molar-refractivity contribution in [2.24, 2.45) is 0 Å². The van der Waals surface area contributed by atoms with Gasteiger partial charge >= 0.3 is 6.03 Å². The van der Waals surface area contributed by atoms with E-state index < -0.39 is 17.8 Å². The Balaban J connectivity index is 1.61. The van der Waals surface area contributed by atoms with E-state index in [1.807, 2.05) is 37.3 Å². The fourth-order valence-corrected chi connectivity index (χ4v) is 4.92. The molecule has 0 atom stereocenters. The number of anilines is 1. The maximum Gasteiger partial charge on any atom is 0.335 e. The lowest BCUT2D eigenvalue weighted by Gasteiger charge is -2.28. The van der Waals surface area contributed by atoms with Gasteiger partial charge in [0.1, 0.15) is 12.2 Å². The van der Waals surface area contributed by atoms with Gasteiger partial charge in [-0.1, -0.05) is 69.1 Å². The fourth-order valence-electron chi connectivity index (χ4n) is 3.76. The minimum atomic E-state index is -0.775. The molecule has 4 rings (SSSR count). The standard InChI is InChI=1S/C27H22Br2N2O5/c1-3-17-6-4-5-7-22(17)31-26(33)20(25(32)30-27(31)34)12-16-8-11-23(24(13-16)35-2)36-15-18-9-10-19(28)14-21(18)29/h4-14H,3,15H2,1-2H3,(H,30,32,34)/b20-12+. The molecule has 3 aromatic carbocycles. The normalized spacial score (nSPS) is 14.7. The summed E-state index contributed by atoms with van der Waals surface area (Å²) in [5.74, 6) is -0.508. The van der Waals surface area contributed by atoms with Crippen molar-refractivity contribution >= 4 is 61.5 Å². The quantitative estimate of drug-likeness (QED) is 0.260. The van der Waals surface area contributed by atoms with Crippen LogP contribution in [0.2, 0.25) is 0 Å². The van der Waals surface area contributed by atoms with Crippen LogP contribution in [-0.2, 0) is 22.6 Å². The molecule has 1 aliphatic heterocycles. The number of rotatable bonds is 7. The number of imide groups is 2. The van der Waals surface area contributed by atoms with Gasteiger partial charge in [0, 0.05) is 14.5 Å². The number of barbiturate groups is 1. The summed E-state index contributed by atoms with van der Waals surface area (Å²) in [5.41, 5.74) is 2.60. The summed E-state index contributed by atoms with van der Waals surface area (Å²) in [5, 5.41) is 2.26. The third-order valence-corrected chi connectivity index (χ3v) is 6.84. The summed E-state index contributed by atoms with van der Waals surface area (Å²) >= 11 is 6.95. The Morgan fingerprint density at radius 1 is 0.944 bits per heavy atom. The highest BCUT2D eigenvalue weighted by Gasteiger charge is 2.37. The van der Waals surface area contributed by atoms with E-state index in [1.165, 1.54) is 13.2 Å². The maximum absolute atomic E-state index is 13.3. The van der Waals surface area contributed by atoms with Crippen LogP contribution in [0.4, 0.5) is 10.5 Å². The molecule has 9 heteroatoms. The minimum Gasteiger partial charge on any atom is -0.493 e. The summed E-state index contributed by atoms with van der Waals surface area (Å²) in [6, 6.07) is 17.2. The predicted octanol–water partition coefficient (Wildman–Crippen LogP) is 6.03. The zero-order valence-corrected chi connectivity index (χ0v) is 22.7. The van der Waals surface area contributed by atoms with Crippen LogP contribution < -0.4 is 19.7 Å². The van der Waals surface area contributed by atoms with Gasteiger partial charge in [0.05, 0.1) is 12.8 Å². The summed E-state index contributed by atoms with van der Waals surface area (Å²) in [7, 11) is 1.51. The zero-order valence-electron chi connectivity index (χ0n) is 19.5. The van der Waals surface area contributed by atoms with Gasteiger partial charge in [-0.2, -0.15) is 0 Å². The van der Waals surface area contributed by atoms with Crippen LogP contribution in [0.1, 0.15) is 23.6 Å². The summed E-state index contributed by atoms with van der Waals surface area (Å²) in [6.45, 7) is 2.23. The molecule has 1 heterocycles. The minimum absolute atomic E-state index is 0.157. The molecule has 0 aromatic heterocycles. The highest BCUT2D eigenvalue weighted by atomic mass is 79.9. The molecule has 1 saturated heterocycles. The van der Waals surface area contributed by atoms with E-state index in [4.69, 9.17) is 9.47 Å². The van der Waals surface area contributed by atoms with Crippen LogP contribution in [0.3, 0.4) is 0 Å². The predicted molar refractivity (Wildman–Crippen MR) is 144 cm³/mol. The Hall–Kier alpha value is -3.43. The molecule has 1 N–H and O–H groups in total. The first-order valence-corrected chi connectivity index (χ1v) is 12.6. The Morgan fingerprint density at radius 3 is 2.44 bits per heavy atom. The molecule has 0 aliphatic carbocycles. The lowest BCUT2D eigenvalue weighted by Crippen LogP contribution is -2.54. The Bertz CT molecular complexity index is 1390. The molecule has 3 aromatic rings. The monoisotopic (exact) mass is 612 g/mol. The maximum atomic E-state index is 13.3. The molecule has 0 unspecified atom stereocenters. The number of benzene rings is 3. The molecule has 0 saturated carbocycles.